The molecular weight excluding hydrogens is 217 g/mol. The summed E-state index contributed by atoms with van der Waals surface area (Å²) in [5.41, 5.74) is 0.550. The second kappa shape index (κ2) is 4.46. The summed E-state index contributed by atoms with van der Waals surface area (Å²) in [5.74, 6) is -0.167. The van der Waals surface area contributed by atoms with Crippen molar-refractivity contribution in [2.24, 2.45) is 11.8 Å². The summed E-state index contributed by atoms with van der Waals surface area (Å²) in [6, 6.07) is 8.89. The summed E-state index contributed by atoms with van der Waals surface area (Å²) >= 11 is 0. The van der Waals surface area contributed by atoms with Gasteiger partial charge in [-0.05, 0) is 23.6 Å². The highest BCUT2D eigenvalue weighted by atomic mass is 19.1. The molecule has 1 unspecified atom stereocenters. The normalized spacial score (nSPS) is 19.5. The van der Waals surface area contributed by atoms with E-state index in [9.17, 15) is 9.65 Å². The monoisotopic (exact) mass is 233 g/mol. The predicted octanol–water partition coefficient (Wildman–Crippen LogP) is 2.89. The van der Waals surface area contributed by atoms with Gasteiger partial charge >= 0.3 is 0 Å². The standard InChI is InChI=1S/C14H16FNO/c1-10(2)13(7-16)14(8-17-9-14)11-4-3-5-12(15)6-11/h3-6,10,13H,8-9H2,1-2H3. The molecule has 1 aromatic carbocycles. The van der Waals surface area contributed by atoms with E-state index in [1.165, 1.54) is 12.1 Å². The molecule has 1 fully saturated rings. The summed E-state index contributed by atoms with van der Waals surface area (Å²) < 4.78 is 18.6. The Balaban J connectivity index is 2.41. The zero-order valence-electron chi connectivity index (χ0n) is 10.1. The van der Waals surface area contributed by atoms with Gasteiger partial charge in [-0.1, -0.05) is 26.0 Å². The first-order valence-electron chi connectivity index (χ1n) is 5.83. The minimum Gasteiger partial charge on any atom is -0.379 e. The quantitative estimate of drug-likeness (QED) is 0.804. The van der Waals surface area contributed by atoms with Crippen molar-refractivity contribution in [3.05, 3.63) is 35.6 Å². The van der Waals surface area contributed by atoms with E-state index in [-0.39, 0.29) is 23.1 Å². The van der Waals surface area contributed by atoms with Crippen molar-refractivity contribution in [2.45, 2.75) is 19.3 Å². The molecule has 1 aromatic rings. The Bertz CT molecular complexity index is 446. The van der Waals surface area contributed by atoms with Crippen molar-refractivity contribution < 1.29 is 9.13 Å². The van der Waals surface area contributed by atoms with Gasteiger partial charge in [0.25, 0.3) is 0 Å². The van der Waals surface area contributed by atoms with Crippen LogP contribution in [0.5, 0.6) is 0 Å². The first-order chi connectivity index (χ1) is 8.10. The van der Waals surface area contributed by atoms with Gasteiger partial charge in [0.15, 0.2) is 0 Å². The molecule has 17 heavy (non-hydrogen) atoms. The second-order valence-corrected chi connectivity index (χ2v) is 5.01. The van der Waals surface area contributed by atoms with Crippen LogP contribution in [-0.4, -0.2) is 13.2 Å². The van der Waals surface area contributed by atoms with Gasteiger partial charge in [0.05, 0.1) is 30.6 Å². The zero-order chi connectivity index (χ0) is 12.5. The van der Waals surface area contributed by atoms with E-state index in [4.69, 9.17) is 4.74 Å². The first-order valence-corrected chi connectivity index (χ1v) is 5.83. The third kappa shape index (κ3) is 1.94. The van der Waals surface area contributed by atoms with E-state index in [0.29, 0.717) is 13.2 Å². The van der Waals surface area contributed by atoms with Crippen molar-refractivity contribution in [3.63, 3.8) is 0 Å². The summed E-state index contributed by atoms with van der Waals surface area (Å²) in [4.78, 5) is 0. The number of benzene rings is 1. The van der Waals surface area contributed by atoms with Crippen LogP contribution in [-0.2, 0) is 10.2 Å². The largest absolute Gasteiger partial charge is 0.379 e. The van der Waals surface area contributed by atoms with Crippen LogP contribution in [0.3, 0.4) is 0 Å². The van der Waals surface area contributed by atoms with Gasteiger partial charge in [0.1, 0.15) is 5.82 Å². The van der Waals surface area contributed by atoms with Crippen LogP contribution in [0.4, 0.5) is 4.39 Å². The number of hydrogen-bond acceptors (Lipinski definition) is 2. The molecule has 0 N–H and O–H groups in total. The number of ether oxygens (including phenoxy) is 1. The highest BCUT2D eigenvalue weighted by Gasteiger charge is 2.48. The average molecular weight is 233 g/mol. The van der Waals surface area contributed by atoms with Crippen molar-refractivity contribution in [1.29, 1.82) is 5.26 Å². The SMILES string of the molecule is CC(C)C(C#N)C1(c2cccc(F)c2)COC1. The molecule has 2 nitrogen and oxygen atoms in total. The number of nitrogens with zero attached hydrogens (tertiary/aromatic N) is 1. The van der Waals surface area contributed by atoms with Crippen molar-refractivity contribution in [2.75, 3.05) is 13.2 Å². The van der Waals surface area contributed by atoms with Crippen LogP contribution in [0.25, 0.3) is 0 Å². The van der Waals surface area contributed by atoms with Gasteiger partial charge in [0, 0.05) is 0 Å². The number of rotatable bonds is 3. The molecule has 3 heteroatoms. The van der Waals surface area contributed by atoms with Gasteiger partial charge in [-0.25, -0.2) is 4.39 Å². The fourth-order valence-corrected chi connectivity index (χ4v) is 2.56. The molecule has 0 amide bonds. The van der Waals surface area contributed by atoms with E-state index in [0.717, 1.165) is 5.56 Å². The van der Waals surface area contributed by atoms with Crippen molar-refractivity contribution >= 4 is 0 Å². The lowest BCUT2D eigenvalue weighted by atomic mass is 9.65. The predicted molar refractivity (Wildman–Crippen MR) is 62.8 cm³/mol. The van der Waals surface area contributed by atoms with Crippen LogP contribution >= 0.6 is 0 Å². The molecule has 2 rings (SSSR count). The first kappa shape index (κ1) is 12.1. The van der Waals surface area contributed by atoms with Crippen LogP contribution in [0.1, 0.15) is 19.4 Å². The number of nitriles is 1. The van der Waals surface area contributed by atoms with Crippen molar-refractivity contribution in [3.8, 4) is 6.07 Å². The lowest BCUT2D eigenvalue weighted by Gasteiger charge is -2.46. The highest BCUT2D eigenvalue weighted by molar-refractivity contribution is 5.32. The Kier molecular flexibility index (Phi) is 3.17. The third-order valence-electron chi connectivity index (χ3n) is 3.52. The number of hydrogen-bond donors (Lipinski definition) is 0. The molecule has 1 atom stereocenters. The molecule has 1 aliphatic heterocycles. The van der Waals surface area contributed by atoms with Gasteiger partial charge in [-0.15, -0.1) is 0 Å². The molecule has 0 bridgehead atoms. The number of halogens is 1. The molecular formula is C14H16FNO. The van der Waals surface area contributed by atoms with E-state index >= 15 is 0 Å². The lowest BCUT2D eigenvalue weighted by Crippen LogP contribution is -2.53. The van der Waals surface area contributed by atoms with Crippen LogP contribution in [0, 0.1) is 29.0 Å². The lowest BCUT2D eigenvalue weighted by molar-refractivity contribution is -0.0877. The van der Waals surface area contributed by atoms with E-state index in [1.807, 2.05) is 19.9 Å². The summed E-state index contributed by atoms with van der Waals surface area (Å²) in [5, 5.41) is 9.33. The van der Waals surface area contributed by atoms with Gasteiger partial charge in [-0.3, -0.25) is 0 Å². The molecule has 90 valence electrons. The smallest absolute Gasteiger partial charge is 0.123 e. The maximum atomic E-state index is 13.3. The van der Waals surface area contributed by atoms with E-state index < -0.39 is 0 Å². The molecule has 0 aromatic heterocycles. The average Bonchev–Trinajstić information content (AvgIpc) is 2.22. The topological polar surface area (TPSA) is 33.0 Å². The van der Waals surface area contributed by atoms with Crippen LogP contribution in [0.15, 0.2) is 24.3 Å². The summed E-state index contributed by atoms with van der Waals surface area (Å²) in [6.45, 7) is 5.06. The third-order valence-corrected chi connectivity index (χ3v) is 3.52. The summed E-state index contributed by atoms with van der Waals surface area (Å²) in [6.07, 6.45) is 0. The Morgan fingerprint density at radius 2 is 2.12 bits per heavy atom. The molecule has 1 aliphatic rings. The fourth-order valence-electron chi connectivity index (χ4n) is 2.56. The van der Waals surface area contributed by atoms with Crippen LogP contribution < -0.4 is 0 Å². The maximum absolute atomic E-state index is 13.3. The minimum atomic E-state index is -0.328. The Morgan fingerprint density at radius 3 is 2.53 bits per heavy atom. The Labute approximate surface area is 101 Å². The fraction of sp³-hybridized carbons (Fsp3) is 0.500. The van der Waals surface area contributed by atoms with Crippen LogP contribution in [0.2, 0.25) is 0 Å². The Hall–Kier alpha value is -1.40. The molecule has 0 saturated carbocycles. The van der Waals surface area contributed by atoms with E-state index in [2.05, 4.69) is 6.07 Å². The van der Waals surface area contributed by atoms with Crippen molar-refractivity contribution in [1.82, 2.24) is 0 Å². The molecule has 1 saturated heterocycles. The van der Waals surface area contributed by atoms with Gasteiger partial charge in [-0.2, -0.15) is 5.26 Å². The molecule has 1 heterocycles. The highest BCUT2D eigenvalue weighted by Crippen LogP contribution is 2.42. The summed E-state index contributed by atoms with van der Waals surface area (Å²) in [7, 11) is 0. The zero-order valence-corrected chi connectivity index (χ0v) is 10.1. The van der Waals surface area contributed by atoms with Gasteiger partial charge < -0.3 is 4.74 Å². The molecule has 0 aliphatic carbocycles. The second-order valence-electron chi connectivity index (χ2n) is 5.01. The van der Waals surface area contributed by atoms with Gasteiger partial charge in [0.2, 0.25) is 0 Å². The minimum absolute atomic E-state index is 0.141. The Morgan fingerprint density at radius 1 is 1.41 bits per heavy atom. The maximum Gasteiger partial charge on any atom is 0.123 e. The molecule has 0 radical (unpaired) electrons. The van der Waals surface area contributed by atoms with E-state index in [1.54, 1.807) is 6.07 Å². The molecule has 0 spiro atoms.